The molecule has 1 fully saturated rings. The van der Waals surface area contributed by atoms with Crippen LogP contribution in [0.2, 0.25) is 0 Å². The first kappa shape index (κ1) is 11.0. The number of nitrogens with two attached hydrogens (primary N) is 1. The molecule has 0 aromatic rings. The Morgan fingerprint density at radius 1 is 1.38 bits per heavy atom. The summed E-state index contributed by atoms with van der Waals surface area (Å²) in [6.07, 6.45) is 5.26. The Morgan fingerprint density at radius 3 is 2.62 bits per heavy atom. The maximum absolute atomic E-state index is 5.76. The fourth-order valence-corrected chi connectivity index (χ4v) is 1.89. The maximum Gasteiger partial charge on any atom is 0.0587 e. The summed E-state index contributed by atoms with van der Waals surface area (Å²) in [6.45, 7) is 3.70. The molecule has 3 heteroatoms. The Labute approximate surface area is 81.0 Å². The zero-order chi connectivity index (χ0) is 9.57. The van der Waals surface area contributed by atoms with Gasteiger partial charge in [-0.1, -0.05) is 6.42 Å². The minimum absolute atomic E-state index is 0.486. The average molecular weight is 186 g/mol. The molecule has 78 valence electrons. The van der Waals surface area contributed by atoms with Crippen LogP contribution < -0.4 is 11.1 Å². The third-order valence-electron chi connectivity index (χ3n) is 3.16. The van der Waals surface area contributed by atoms with Crippen molar-refractivity contribution in [2.24, 2.45) is 11.1 Å². The molecule has 1 saturated carbocycles. The quantitative estimate of drug-likeness (QED) is 0.577. The second-order valence-corrected chi connectivity index (χ2v) is 4.05. The number of methoxy groups -OCH3 is 1. The van der Waals surface area contributed by atoms with Crippen LogP contribution in [0.5, 0.6) is 0 Å². The van der Waals surface area contributed by atoms with E-state index in [1.807, 2.05) is 0 Å². The van der Waals surface area contributed by atoms with Gasteiger partial charge in [-0.15, -0.1) is 0 Å². The third-order valence-corrected chi connectivity index (χ3v) is 3.16. The van der Waals surface area contributed by atoms with E-state index in [-0.39, 0.29) is 0 Å². The van der Waals surface area contributed by atoms with E-state index in [9.17, 15) is 0 Å². The second-order valence-electron chi connectivity index (χ2n) is 4.05. The lowest BCUT2D eigenvalue weighted by molar-refractivity contribution is 0.128. The first-order valence-electron chi connectivity index (χ1n) is 5.23. The summed E-state index contributed by atoms with van der Waals surface area (Å²) < 4.78 is 4.95. The first-order valence-corrected chi connectivity index (χ1v) is 5.23. The Morgan fingerprint density at radius 2 is 2.15 bits per heavy atom. The van der Waals surface area contributed by atoms with Crippen molar-refractivity contribution in [2.45, 2.75) is 25.7 Å². The summed E-state index contributed by atoms with van der Waals surface area (Å²) in [5.74, 6) is 0. The van der Waals surface area contributed by atoms with Gasteiger partial charge in [-0.3, -0.25) is 0 Å². The van der Waals surface area contributed by atoms with Gasteiger partial charge in [0, 0.05) is 13.7 Å². The molecular formula is C10H22N2O. The van der Waals surface area contributed by atoms with Crippen molar-refractivity contribution < 1.29 is 4.74 Å². The van der Waals surface area contributed by atoms with E-state index in [0.717, 1.165) is 26.2 Å². The predicted octanol–water partition coefficient (Wildman–Crippen LogP) is 0.741. The van der Waals surface area contributed by atoms with E-state index in [2.05, 4.69) is 5.32 Å². The monoisotopic (exact) mass is 186 g/mol. The standard InChI is InChI=1S/C10H22N2O/c1-13-8-7-12-6-5-10(9-11)3-2-4-10/h12H,2-9,11H2,1H3. The first-order chi connectivity index (χ1) is 6.33. The molecule has 0 heterocycles. The molecule has 0 aliphatic heterocycles. The van der Waals surface area contributed by atoms with Crippen molar-refractivity contribution in [1.82, 2.24) is 5.32 Å². The van der Waals surface area contributed by atoms with Crippen molar-refractivity contribution in [3.05, 3.63) is 0 Å². The van der Waals surface area contributed by atoms with Crippen LogP contribution in [0.25, 0.3) is 0 Å². The molecule has 0 saturated heterocycles. The molecule has 3 N–H and O–H groups in total. The van der Waals surface area contributed by atoms with E-state index in [4.69, 9.17) is 10.5 Å². The summed E-state index contributed by atoms with van der Waals surface area (Å²) >= 11 is 0. The molecule has 0 amide bonds. The highest BCUT2D eigenvalue weighted by Crippen LogP contribution is 2.42. The summed E-state index contributed by atoms with van der Waals surface area (Å²) in [5, 5.41) is 3.36. The Kier molecular flexibility index (Phi) is 4.70. The molecule has 13 heavy (non-hydrogen) atoms. The van der Waals surface area contributed by atoms with Crippen LogP contribution in [-0.4, -0.2) is 33.4 Å². The second kappa shape index (κ2) is 5.58. The molecule has 0 aromatic heterocycles. The van der Waals surface area contributed by atoms with E-state index in [1.54, 1.807) is 7.11 Å². The molecular weight excluding hydrogens is 164 g/mol. The van der Waals surface area contributed by atoms with Crippen molar-refractivity contribution in [2.75, 3.05) is 33.4 Å². The minimum Gasteiger partial charge on any atom is -0.383 e. The van der Waals surface area contributed by atoms with Crippen molar-refractivity contribution in [1.29, 1.82) is 0 Å². The third kappa shape index (κ3) is 3.25. The molecule has 0 atom stereocenters. The van der Waals surface area contributed by atoms with Crippen LogP contribution in [0, 0.1) is 5.41 Å². The van der Waals surface area contributed by atoms with Gasteiger partial charge in [0.2, 0.25) is 0 Å². The maximum atomic E-state index is 5.76. The zero-order valence-corrected chi connectivity index (χ0v) is 8.64. The van der Waals surface area contributed by atoms with Crippen molar-refractivity contribution in [3.8, 4) is 0 Å². The number of ether oxygens (including phenoxy) is 1. The minimum atomic E-state index is 0.486. The lowest BCUT2D eigenvalue weighted by Gasteiger charge is -2.41. The van der Waals surface area contributed by atoms with Crippen molar-refractivity contribution >= 4 is 0 Å². The fraction of sp³-hybridized carbons (Fsp3) is 1.00. The lowest BCUT2D eigenvalue weighted by Crippen LogP contribution is -2.40. The number of rotatable bonds is 7. The highest BCUT2D eigenvalue weighted by Gasteiger charge is 2.34. The van der Waals surface area contributed by atoms with Crippen LogP contribution in [0.3, 0.4) is 0 Å². The molecule has 1 rings (SSSR count). The highest BCUT2D eigenvalue weighted by molar-refractivity contribution is 4.88. The van der Waals surface area contributed by atoms with Gasteiger partial charge in [-0.25, -0.2) is 0 Å². The molecule has 0 aromatic carbocycles. The largest absolute Gasteiger partial charge is 0.383 e. The highest BCUT2D eigenvalue weighted by atomic mass is 16.5. The zero-order valence-electron chi connectivity index (χ0n) is 8.64. The van der Waals surface area contributed by atoms with Crippen LogP contribution in [-0.2, 0) is 4.74 Å². The summed E-state index contributed by atoms with van der Waals surface area (Å²) in [4.78, 5) is 0. The van der Waals surface area contributed by atoms with E-state index < -0.39 is 0 Å². The summed E-state index contributed by atoms with van der Waals surface area (Å²) in [5.41, 5.74) is 6.24. The van der Waals surface area contributed by atoms with Gasteiger partial charge in [-0.2, -0.15) is 0 Å². The van der Waals surface area contributed by atoms with Crippen molar-refractivity contribution in [3.63, 3.8) is 0 Å². The average Bonchev–Trinajstić information content (AvgIpc) is 2.09. The Bertz CT molecular complexity index is 129. The predicted molar refractivity (Wildman–Crippen MR) is 54.7 cm³/mol. The Hall–Kier alpha value is -0.120. The molecule has 0 unspecified atom stereocenters. The topological polar surface area (TPSA) is 47.3 Å². The molecule has 1 aliphatic carbocycles. The number of hydrogen-bond acceptors (Lipinski definition) is 3. The number of hydrogen-bond donors (Lipinski definition) is 2. The Balaban J connectivity index is 1.98. The molecule has 0 spiro atoms. The number of nitrogens with one attached hydrogen (secondary N) is 1. The normalized spacial score (nSPS) is 19.8. The van der Waals surface area contributed by atoms with E-state index in [1.165, 1.54) is 25.7 Å². The fourth-order valence-electron chi connectivity index (χ4n) is 1.89. The van der Waals surface area contributed by atoms with Crippen LogP contribution in [0.15, 0.2) is 0 Å². The van der Waals surface area contributed by atoms with Gasteiger partial charge in [0.25, 0.3) is 0 Å². The van der Waals surface area contributed by atoms with Gasteiger partial charge >= 0.3 is 0 Å². The van der Waals surface area contributed by atoms with E-state index >= 15 is 0 Å². The van der Waals surface area contributed by atoms with Crippen LogP contribution in [0.1, 0.15) is 25.7 Å². The van der Waals surface area contributed by atoms with Gasteiger partial charge < -0.3 is 15.8 Å². The molecule has 0 bridgehead atoms. The molecule has 3 nitrogen and oxygen atoms in total. The van der Waals surface area contributed by atoms with E-state index in [0.29, 0.717) is 5.41 Å². The molecule has 0 radical (unpaired) electrons. The summed E-state index contributed by atoms with van der Waals surface area (Å²) in [6, 6.07) is 0. The SMILES string of the molecule is COCCNCCC1(CN)CCC1. The smallest absolute Gasteiger partial charge is 0.0587 e. The lowest BCUT2D eigenvalue weighted by atomic mass is 9.67. The van der Waals surface area contributed by atoms with Gasteiger partial charge in [0.15, 0.2) is 0 Å². The van der Waals surface area contributed by atoms with Gasteiger partial charge in [0.05, 0.1) is 6.61 Å². The van der Waals surface area contributed by atoms with Crippen LogP contribution >= 0.6 is 0 Å². The van der Waals surface area contributed by atoms with Crippen LogP contribution in [0.4, 0.5) is 0 Å². The van der Waals surface area contributed by atoms with Gasteiger partial charge in [-0.05, 0) is 37.8 Å². The van der Waals surface area contributed by atoms with Gasteiger partial charge in [0.1, 0.15) is 0 Å². The molecule has 1 aliphatic rings. The summed E-state index contributed by atoms with van der Waals surface area (Å²) in [7, 11) is 1.73.